The van der Waals surface area contributed by atoms with Gasteiger partial charge in [0.2, 0.25) is 0 Å². The Morgan fingerprint density at radius 1 is 1.40 bits per heavy atom. The number of allylic oxidation sites excluding steroid dienone is 3. The summed E-state index contributed by atoms with van der Waals surface area (Å²) in [6.45, 7) is 0.215. The van der Waals surface area contributed by atoms with Crippen LogP contribution in [-0.2, 0) is 26.2 Å². The minimum absolute atomic E-state index is 0. The first kappa shape index (κ1) is 17.1. The van der Waals surface area contributed by atoms with E-state index in [1.165, 1.54) is 0 Å². The van der Waals surface area contributed by atoms with Crippen molar-refractivity contribution in [1.82, 2.24) is 0 Å². The van der Waals surface area contributed by atoms with Crippen LogP contribution in [0.25, 0.3) is 0 Å². The summed E-state index contributed by atoms with van der Waals surface area (Å²) in [5.74, 6) is 0. The van der Waals surface area contributed by atoms with Crippen LogP contribution >= 0.6 is 24.8 Å². The molecular weight excluding hydrogens is 250 g/mol. The predicted octanol–water partition coefficient (Wildman–Crippen LogP) is 1.71. The summed E-state index contributed by atoms with van der Waals surface area (Å²) < 4.78 is 0. The predicted molar refractivity (Wildman–Crippen MR) is 43.4 cm³/mol. The van der Waals surface area contributed by atoms with Gasteiger partial charge in [-0.3, -0.25) is 0 Å². The van der Waals surface area contributed by atoms with Gasteiger partial charge < -0.3 is 5.11 Å². The fourth-order valence-corrected chi connectivity index (χ4v) is 0.609. The van der Waals surface area contributed by atoms with Crippen LogP contribution in [0.1, 0.15) is 6.42 Å². The van der Waals surface area contributed by atoms with Gasteiger partial charge in [-0.1, -0.05) is 18.2 Å². The first-order chi connectivity index (χ1) is 3.43. The Labute approximate surface area is 92.5 Å². The van der Waals surface area contributed by atoms with Crippen molar-refractivity contribution in [2.45, 2.75) is 6.42 Å². The second-order valence-corrected chi connectivity index (χ2v) is 1.62. The van der Waals surface area contributed by atoms with Gasteiger partial charge in [0, 0.05) is 26.2 Å². The van der Waals surface area contributed by atoms with E-state index in [-0.39, 0.29) is 57.6 Å². The van der Waals surface area contributed by atoms with E-state index >= 15 is 0 Å². The molecule has 1 rings (SSSR count). The van der Waals surface area contributed by atoms with E-state index in [4.69, 9.17) is 5.11 Å². The van der Waals surface area contributed by atoms with Crippen molar-refractivity contribution in [2.24, 2.45) is 0 Å². The van der Waals surface area contributed by atoms with Crippen molar-refractivity contribution >= 4 is 24.8 Å². The number of aliphatic hydroxyl groups excluding tert-OH is 1. The Balaban J connectivity index is -0.000000163. The van der Waals surface area contributed by atoms with Crippen LogP contribution < -0.4 is 0 Å². The molecule has 0 saturated heterocycles. The Morgan fingerprint density at radius 3 is 2.20 bits per heavy atom. The van der Waals surface area contributed by atoms with Gasteiger partial charge in [-0.25, -0.2) is 0 Å². The van der Waals surface area contributed by atoms with Crippen molar-refractivity contribution in [3.05, 3.63) is 23.8 Å². The van der Waals surface area contributed by atoms with Gasteiger partial charge >= 0.3 is 0 Å². The van der Waals surface area contributed by atoms with Crippen molar-refractivity contribution < 1.29 is 31.3 Å². The van der Waals surface area contributed by atoms with E-state index in [1.807, 2.05) is 18.2 Å². The van der Waals surface area contributed by atoms with Gasteiger partial charge in [0.1, 0.15) is 0 Å². The zero-order valence-corrected chi connectivity index (χ0v) is 9.50. The van der Waals surface area contributed by atoms with Crippen LogP contribution in [-0.4, -0.2) is 11.7 Å². The minimum Gasteiger partial charge on any atom is -0.392 e. The Hall–Kier alpha value is 0.903. The molecule has 0 radical (unpaired) electrons. The number of halogens is 2. The van der Waals surface area contributed by atoms with Crippen LogP contribution in [0.3, 0.4) is 0 Å². The van der Waals surface area contributed by atoms with E-state index in [0.29, 0.717) is 0 Å². The maximum atomic E-state index is 8.46. The minimum atomic E-state index is 0. The molecule has 1 aliphatic rings. The molecule has 0 saturated carbocycles. The average molecular weight is 260 g/mol. The monoisotopic (exact) mass is 258 g/mol. The normalized spacial score (nSPS) is 12.3. The smallest absolute Gasteiger partial charge is 0.0647 e. The zero-order chi connectivity index (χ0) is 5.11. The van der Waals surface area contributed by atoms with Crippen LogP contribution in [0.2, 0.25) is 0 Å². The maximum Gasteiger partial charge on any atom is 0.0647 e. The molecule has 0 unspecified atom stereocenters. The molecule has 0 aliphatic heterocycles. The number of hydrogen-bond acceptors (Lipinski definition) is 1. The van der Waals surface area contributed by atoms with Crippen molar-refractivity contribution in [1.29, 1.82) is 0 Å². The topological polar surface area (TPSA) is 20.2 Å². The summed E-state index contributed by atoms with van der Waals surface area (Å²) in [6.07, 6.45) is 6.88. The second-order valence-electron chi connectivity index (χ2n) is 1.62. The van der Waals surface area contributed by atoms with Crippen LogP contribution in [0.4, 0.5) is 0 Å². The summed E-state index contributed by atoms with van der Waals surface area (Å²) in [4.78, 5) is 0. The van der Waals surface area contributed by atoms with E-state index in [2.05, 4.69) is 0 Å². The van der Waals surface area contributed by atoms with Gasteiger partial charge in [-0.15, -0.1) is 24.8 Å². The maximum absolute atomic E-state index is 8.46. The summed E-state index contributed by atoms with van der Waals surface area (Å²) in [5, 5.41) is 8.46. The average Bonchev–Trinajstić information content (AvgIpc) is 2.14. The largest absolute Gasteiger partial charge is 0.392 e. The van der Waals surface area contributed by atoms with E-state index < -0.39 is 0 Å². The van der Waals surface area contributed by atoms with Crippen molar-refractivity contribution in [3.8, 4) is 0 Å². The molecule has 58 valence electrons. The molecule has 0 amide bonds. The van der Waals surface area contributed by atoms with Crippen LogP contribution in [0, 0.1) is 0 Å². The molecule has 0 atom stereocenters. The second kappa shape index (κ2) is 9.90. The molecule has 4 heteroatoms. The third kappa shape index (κ3) is 5.67. The quantitative estimate of drug-likeness (QED) is 0.761. The van der Waals surface area contributed by atoms with Gasteiger partial charge in [-0.2, -0.15) is 0 Å². The number of aliphatic hydroxyl groups is 1. The molecule has 10 heavy (non-hydrogen) atoms. The standard InChI is InChI=1S/C6H8O.2ClH.Zr/c7-5-6-3-1-2-4-6;;;/h1-3,7H,4-5H2;2*1H;. The van der Waals surface area contributed by atoms with Crippen LogP contribution in [0.15, 0.2) is 23.8 Å². The summed E-state index contributed by atoms with van der Waals surface area (Å²) >= 11 is 0. The Morgan fingerprint density at radius 2 is 2.00 bits per heavy atom. The first-order valence-corrected chi connectivity index (χ1v) is 2.39. The zero-order valence-electron chi connectivity index (χ0n) is 5.41. The third-order valence-electron chi connectivity index (χ3n) is 1.05. The molecule has 1 nitrogen and oxygen atoms in total. The number of hydrogen-bond donors (Lipinski definition) is 1. The molecule has 0 heterocycles. The number of rotatable bonds is 1. The van der Waals surface area contributed by atoms with Crippen molar-refractivity contribution in [2.75, 3.05) is 6.61 Å². The summed E-state index contributed by atoms with van der Waals surface area (Å²) in [6, 6.07) is 0. The molecular formula is C6H10Cl2OZr. The molecule has 0 aromatic rings. The molecule has 0 aromatic heterocycles. The fraction of sp³-hybridized carbons (Fsp3) is 0.333. The van der Waals surface area contributed by atoms with E-state index in [1.54, 1.807) is 0 Å². The third-order valence-corrected chi connectivity index (χ3v) is 1.05. The SMILES string of the molecule is Cl.Cl.OCC1=CC=CC1.[Zr]. The molecule has 0 bridgehead atoms. The fourth-order valence-electron chi connectivity index (χ4n) is 0.609. The molecule has 0 fully saturated rings. The van der Waals surface area contributed by atoms with Gasteiger partial charge in [0.05, 0.1) is 6.61 Å². The molecule has 1 N–H and O–H groups in total. The summed E-state index contributed by atoms with van der Waals surface area (Å²) in [7, 11) is 0. The van der Waals surface area contributed by atoms with Gasteiger partial charge in [0.15, 0.2) is 0 Å². The van der Waals surface area contributed by atoms with Crippen molar-refractivity contribution in [3.63, 3.8) is 0 Å². The summed E-state index contributed by atoms with van der Waals surface area (Å²) in [5.41, 5.74) is 1.11. The van der Waals surface area contributed by atoms with E-state index in [9.17, 15) is 0 Å². The van der Waals surface area contributed by atoms with Gasteiger partial charge in [-0.05, 0) is 12.0 Å². The van der Waals surface area contributed by atoms with Gasteiger partial charge in [0.25, 0.3) is 0 Å². The van der Waals surface area contributed by atoms with E-state index in [0.717, 1.165) is 12.0 Å². The molecule has 0 spiro atoms. The van der Waals surface area contributed by atoms with Crippen LogP contribution in [0.5, 0.6) is 0 Å². The molecule has 1 aliphatic carbocycles. The Bertz CT molecular complexity index is 123. The first-order valence-electron chi connectivity index (χ1n) is 2.39. The Kier molecular flexibility index (Phi) is 17.0. The molecule has 0 aromatic carbocycles.